The Morgan fingerprint density at radius 2 is 1.96 bits per heavy atom. The maximum Gasteiger partial charge on any atom is 0.245 e. The van der Waals surface area contributed by atoms with Crippen molar-refractivity contribution >= 4 is 38.6 Å². The van der Waals surface area contributed by atoms with Crippen LogP contribution in [0.5, 0.6) is 0 Å². The molecule has 2 saturated heterocycles. The van der Waals surface area contributed by atoms with Gasteiger partial charge in [-0.05, 0) is 38.1 Å². The van der Waals surface area contributed by atoms with Gasteiger partial charge in [-0.1, -0.05) is 15.9 Å². The molecule has 7 heteroatoms. The van der Waals surface area contributed by atoms with Crippen molar-refractivity contribution in [1.29, 1.82) is 0 Å². The number of carbonyl (C=O) groups is 1. The summed E-state index contributed by atoms with van der Waals surface area (Å²) in [7, 11) is 2.11. The third-order valence-corrected chi connectivity index (χ3v) is 5.69. The molecule has 1 aromatic heterocycles. The summed E-state index contributed by atoms with van der Waals surface area (Å²) < 4.78 is 0.997. The molecule has 2 fully saturated rings. The molecule has 2 aliphatic rings. The number of benzene rings is 1. The maximum absolute atomic E-state index is 13.1. The molecule has 1 atom stereocenters. The van der Waals surface area contributed by atoms with E-state index in [2.05, 4.69) is 42.7 Å². The average molecular weight is 404 g/mol. The zero-order valence-electron chi connectivity index (χ0n) is 14.4. The summed E-state index contributed by atoms with van der Waals surface area (Å²) in [4.78, 5) is 28.5. The van der Waals surface area contributed by atoms with Crippen LogP contribution in [0.25, 0.3) is 10.9 Å². The van der Waals surface area contributed by atoms with Gasteiger partial charge in [-0.2, -0.15) is 0 Å². The fourth-order valence-corrected chi connectivity index (χ4v) is 4.12. The number of amides is 1. The lowest BCUT2D eigenvalue weighted by atomic mass is 10.1. The van der Waals surface area contributed by atoms with Crippen LogP contribution in [0.15, 0.2) is 29.0 Å². The molecule has 132 valence electrons. The van der Waals surface area contributed by atoms with Gasteiger partial charge < -0.3 is 14.7 Å². The topological polar surface area (TPSA) is 52.6 Å². The lowest BCUT2D eigenvalue weighted by Crippen LogP contribution is -2.53. The van der Waals surface area contributed by atoms with Crippen molar-refractivity contribution < 1.29 is 4.79 Å². The molecule has 0 bridgehead atoms. The van der Waals surface area contributed by atoms with E-state index in [9.17, 15) is 4.79 Å². The Balaban J connectivity index is 1.64. The van der Waals surface area contributed by atoms with Crippen molar-refractivity contribution in [2.45, 2.75) is 18.9 Å². The largest absolute Gasteiger partial charge is 0.344 e. The van der Waals surface area contributed by atoms with Gasteiger partial charge in [-0.25, -0.2) is 9.97 Å². The minimum Gasteiger partial charge on any atom is -0.344 e. The number of carbonyl (C=O) groups excluding carboxylic acids is 1. The van der Waals surface area contributed by atoms with Crippen LogP contribution in [0, 0.1) is 0 Å². The zero-order chi connectivity index (χ0) is 17.4. The van der Waals surface area contributed by atoms with Crippen LogP contribution in [0.2, 0.25) is 0 Å². The third-order valence-electron chi connectivity index (χ3n) is 5.20. The van der Waals surface area contributed by atoms with Gasteiger partial charge in [0.05, 0.1) is 5.52 Å². The molecular formula is C18H22BrN5O. The first kappa shape index (κ1) is 16.7. The fraction of sp³-hybridized carbons (Fsp3) is 0.500. The van der Waals surface area contributed by atoms with E-state index in [4.69, 9.17) is 0 Å². The molecule has 0 spiro atoms. The van der Waals surface area contributed by atoms with Crippen molar-refractivity contribution in [1.82, 2.24) is 19.8 Å². The summed E-state index contributed by atoms with van der Waals surface area (Å²) in [5.74, 6) is 1.11. The number of fused-ring (bicyclic) bond motifs is 1. The Kier molecular flexibility index (Phi) is 4.60. The molecule has 0 saturated carbocycles. The Bertz CT molecular complexity index is 790. The number of hydrogen-bond donors (Lipinski definition) is 0. The Labute approximate surface area is 155 Å². The lowest BCUT2D eigenvalue weighted by molar-refractivity contribution is -0.134. The minimum absolute atomic E-state index is 0.111. The van der Waals surface area contributed by atoms with Crippen LogP contribution in [0.1, 0.15) is 12.8 Å². The number of likely N-dealkylation sites (N-methyl/N-ethyl adjacent to an activating group) is 1. The first-order valence-electron chi connectivity index (χ1n) is 8.78. The second-order valence-electron chi connectivity index (χ2n) is 6.84. The van der Waals surface area contributed by atoms with Gasteiger partial charge in [-0.3, -0.25) is 4.79 Å². The SMILES string of the molecule is CN1CCN(C(=O)C2CCCN2c2ncnc3ccc(Br)cc23)CC1. The average Bonchev–Trinajstić information content (AvgIpc) is 3.10. The second-order valence-corrected chi connectivity index (χ2v) is 7.75. The number of anilines is 1. The van der Waals surface area contributed by atoms with Gasteiger partial charge in [0.1, 0.15) is 18.2 Å². The predicted octanol–water partition coefficient (Wildman–Crippen LogP) is 2.14. The number of piperazine rings is 1. The predicted molar refractivity (Wildman–Crippen MR) is 102 cm³/mol. The summed E-state index contributed by atoms with van der Waals surface area (Å²) in [6.07, 6.45) is 3.51. The van der Waals surface area contributed by atoms with Gasteiger partial charge in [0.25, 0.3) is 0 Å². The van der Waals surface area contributed by atoms with Crippen LogP contribution in [0.4, 0.5) is 5.82 Å². The molecule has 0 N–H and O–H groups in total. The van der Waals surface area contributed by atoms with Crippen LogP contribution < -0.4 is 4.90 Å². The van der Waals surface area contributed by atoms with Crippen LogP contribution in [-0.4, -0.2) is 71.5 Å². The monoisotopic (exact) mass is 403 g/mol. The Morgan fingerprint density at radius 1 is 1.16 bits per heavy atom. The number of hydrogen-bond acceptors (Lipinski definition) is 5. The number of nitrogens with zero attached hydrogens (tertiary/aromatic N) is 5. The molecule has 1 unspecified atom stereocenters. The van der Waals surface area contributed by atoms with E-state index in [1.807, 2.05) is 23.1 Å². The quantitative estimate of drug-likeness (QED) is 0.768. The molecule has 3 heterocycles. The van der Waals surface area contributed by atoms with E-state index in [1.165, 1.54) is 0 Å². The number of halogens is 1. The molecule has 0 aliphatic carbocycles. The van der Waals surface area contributed by atoms with E-state index in [1.54, 1.807) is 6.33 Å². The van der Waals surface area contributed by atoms with Gasteiger partial charge in [0.2, 0.25) is 5.91 Å². The van der Waals surface area contributed by atoms with Crippen molar-refractivity contribution in [2.24, 2.45) is 0 Å². The molecule has 2 aromatic rings. The van der Waals surface area contributed by atoms with E-state index in [-0.39, 0.29) is 11.9 Å². The van der Waals surface area contributed by atoms with Crippen molar-refractivity contribution in [2.75, 3.05) is 44.7 Å². The fourth-order valence-electron chi connectivity index (χ4n) is 3.76. The summed E-state index contributed by atoms with van der Waals surface area (Å²) in [6.45, 7) is 4.39. The highest BCUT2D eigenvalue weighted by Gasteiger charge is 2.36. The summed E-state index contributed by atoms with van der Waals surface area (Å²) in [5, 5.41) is 0.995. The zero-order valence-corrected chi connectivity index (χ0v) is 15.9. The highest BCUT2D eigenvalue weighted by molar-refractivity contribution is 9.10. The highest BCUT2D eigenvalue weighted by atomic mass is 79.9. The molecule has 2 aliphatic heterocycles. The molecule has 4 rings (SSSR count). The van der Waals surface area contributed by atoms with E-state index in [0.29, 0.717) is 0 Å². The van der Waals surface area contributed by atoms with E-state index < -0.39 is 0 Å². The molecule has 0 radical (unpaired) electrons. The maximum atomic E-state index is 13.1. The van der Waals surface area contributed by atoms with Gasteiger partial charge in [-0.15, -0.1) is 0 Å². The van der Waals surface area contributed by atoms with Crippen LogP contribution in [-0.2, 0) is 4.79 Å². The third kappa shape index (κ3) is 3.22. The van der Waals surface area contributed by atoms with Gasteiger partial charge in [0.15, 0.2) is 0 Å². The van der Waals surface area contributed by atoms with Crippen LogP contribution in [0.3, 0.4) is 0 Å². The molecule has 25 heavy (non-hydrogen) atoms. The summed E-state index contributed by atoms with van der Waals surface area (Å²) in [6, 6.07) is 5.90. The standard InChI is InChI=1S/C18H22BrN5O/c1-22-7-9-23(10-8-22)18(25)16-3-2-6-24(16)17-14-11-13(19)4-5-15(14)20-12-21-17/h4-5,11-12,16H,2-3,6-10H2,1H3. The normalized spacial score (nSPS) is 21.9. The van der Waals surface area contributed by atoms with E-state index in [0.717, 1.165) is 66.8 Å². The van der Waals surface area contributed by atoms with Crippen molar-refractivity contribution in [3.8, 4) is 0 Å². The number of rotatable bonds is 2. The molecular weight excluding hydrogens is 382 g/mol. The number of aromatic nitrogens is 2. The van der Waals surface area contributed by atoms with Gasteiger partial charge >= 0.3 is 0 Å². The van der Waals surface area contributed by atoms with Crippen molar-refractivity contribution in [3.63, 3.8) is 0 Å². The second kappa shape index (κ2) is 6.88. The molecule has 6 nitrogen and oxygen atoms in total. The summed E-state index contributed by atoms with van der Waals surface area (Å²) in [5.41, 5.74) is 0.908. The van der Waals surface area contributed by atoms with Crippen molar-refractivity contribution in [3.05, 3.63) is 29.0 Å². The first-order valence-corrected chi connectivity index (χ1v) is 9.57. The highest BCUT2D eigenvalue weighted by Crippen LogP contribution is 2.31. The van der Waals surface area contributed by atoms with Gasteiger partial charge in [0, 0.05) is 42.6 Å². The lowest BCUT2D eigenvalue weighted by Gasteiger charge is -2.36. The Hall–Kier alpha value is -1.73. The molecule has 1 amide bonds. The smallest absolute Gasteiger partial charge is 0.245 e. The minimum atomic E-state index is -0.111. The Morgan fingerprint density at radius 3 is 2.76 bits per heavy atom. The van der Waals surface area contributed by atoms with Crippen LogP contribution >= 0.6 is 15.9 Å². The molecule has 1 aromatic carbocycles. The summed E-state index contributed by atoms with van der Waals surface area (Å²) >= 11 is 3.53. The van der Waals surface area contributed by atoms with E-state index >= 15 is 0 Å². The first-order chi connectivity index (χ1) is 12.1.